The van der Waals surface area contributed by atoms with Gasteiger partial charge in [0.15, 0.2) is 6.61 Å². The third-order valence-electron chi connectivity index (χ3n) is 3.58. The van der Waals surface area contributed by atoms with E-state index in [9.17, 15) is 9.59 Å². The normalized spacial score (nSPS) is 10.5. The first-order valence-electron chi connectivity index (χ1n) is 7.83. The summed E-state index contributed by atoms with van der Waals surface area (Å²) in [6.45, 7) is 1.44. The number of carbonyl (C=O) groups is 2. The molecule has 1 aromatic carbocycles. The minimum atomic E-state index is -0.706. The van der Waals surface area contributed by atoms with Gasteiger partial charge in [0.05, 0.1) is 24.2 Å². The molecule has 0 fully saturated rings. The molecule has 1 N–H and O–H groups in total. The summed E-state index contributed by atoms with van der Waals surface area (Å²) in [5.41, 5.74) is 1.27. The van der Waals surface area contributed by atoms with Gasteiger partial charge in [0, 0.05) is 0 Å². The summed E-state index contributed by atoms with van der Waals surface area (Å²) >= 11 is 6.29. The molecule has 0 spiro atoms. The topological polar surface area (TPSA) is 86.4 Å². The fourth-order valence-electron chi connectivity index (χ4n) is 2.32. The Hall–Kier alpha value is -3.06. The molecule has 2 heterocycles. The molecule has 0 saturated carbocycles. The maximum absolute atomic E-state index is 12.3. The number of carbonyl (C=O) groups excluding carboxylic acids is 2. The van der Waals surface area contributed by atoms with Crippen molar-refractivity contribution in [2.45, 2.75) is 13.5 Å². The van der Waals surface area contributed by atoms with Crippen LogP contribution in [0.25, 0.3) is 5.69 Å². The Kier molecular flexibility index (Phi) is 5.38. The van der Waals surface area contributed by atoms with Crippen molar-refractivity contribution in [3.63, 3.8) is 0 Å². The van der Waals surface area contributed by atoms with Crippen molar-refractivity contribution in [3.8, 4) is 5.69 Å². The summed E-state index contributed by atoms with van der Waals surface area (Å²) in [6.07, 6.45) is 1.51. The molecular formula is C18H16ClN3O4. The van der Waals surface area contributed by atoms with E-state index in [1.54, 1.807) is 19.1 Å². The molecule has 1 amide bonds. The van der Waals surface area contributed by atoms with Gasteiger partial charge in [0.2, 0.25) is 0 Å². The second-order valence-corrected chi connectivity index (χ2v) is 5.79. The Morgan fingerprint density at radius 2 is 2.00 bits per heavy atom. The second-order valence-electron chi connectivity index (χ2n) is 5.43. The molecule has 0 atom stereocenters. The van der Waals surface area contributed by atoms with E-state index >= 15 is 0 Å². The Labute approximate surface area is 154 Å². The highest BCUT2D eigenvalue weighted by Gasteiger charge is 2.23. The van der Waals surface area contributed by atoms with Gasteiger partial charge in [-0.2, -0.15) is 5.10 Å². The van der Waals surface area contributed by atoms with Gasteiger partial charge in [-0.05, 0) is 31.2 Å². The van der Waals surface area contributed by atoms with Crippen LogP contribution in [0.2, 0.25) is 5.15 Å². The van der Waals surface area contributed by atoms with Crippen molar-refractivity contribution in [2.75, 3.05) is 6.61 Å². The van der Waals surface area contributed by atoms with Crippen LogP contribution in [0.1, 0.15) is 21.8 Å². The predicted octanol–water partition coefficient (Wildman–Crippen LogP) is 2.90. The van der Waals surface area contributed by atoms with Crippen LogP contribution in [0.3, 0.4) is 0 Å². The summed E-state index contributed by atoms with van der Waals surface area (Å²) < 4.78 is 11.6. The van der Waals surface area contributed by atoms with E-state index in [-0.39, 0.29) is 17.3 Å². The van der Waals surface area contributed by atoms with E-state index in [4.69, 9.17) is 20.8 Å². The van der Waals surface area contributed by atoms with Gasteiger partial charge in [0.25, 0.3) is 5.91 Å². The van der Waals surface area contributed by atoms with Gasteiger partial charge in [-0.3, -0.25) is 4.79 Å². The van der Waals surface area contributed by atoms with Crippen molar-refractivity contribution in [1.29, 1.82) is 0 Å². The minimum Gasteiger partial charge on any atom is -0.467 e. The largest absolute Gasteiger partial charge is 0.467 e. The van der Waals surface area contributed by atoms with E-state index in [1.807, 2.05) is 30.3 Å². The summed E-state index contributed by atoms with van der Waals surface area (Å²) in [7, 11) is 0. The van der Waals surface area contributed by atoms with E-state index in [1.165, 1.54) is 10.9 Å². The van der Waals surface area contributed by atoms with Crippen LogP contribution in [0.4, 0.5) is 0 Å². The first-order chi connectivity index (χ1) is 12.6. The van der Waals surface area contributed by atoms with Gasteiger partial charge in [-0.1, -0.05) is 29.8 Å². The van der Waals surface area contributed by atoms with Crippen LogP contribution in [-0.2, 0) is 16.1 Å². The van der Waals surface area contributed by atoms with E-state index in [2.05, 4.69) is 10.4 Å². The zero-order valence-electron chi connectivity index (χ0n) is 13.9. The number of esters is 1. The third kappa shape index (κ3) is 3.94. The van der Waals surface area contributed by atoms with Crippen molar-refractivity contribution >= 4 is 23.5 Å². The molecule has 0 unspecified atom stereocenters. The van der Waals surface area contributed by atoms with E-state index in [0.29, 0.717) is 11.5 Å². The lowest BCUT2D eigenvalue weighted by atomic mass is 10.2. The number of benzene rings is 1. The fraction of sp³-hybridized carbons (Fsp3) is 0.167. The Morgan fingerprint density at radius 3 is 2.69 bits per heavy atom. The van der Waals surface area contributed by atoms with Crippen molar-refractivity contribution in [2.24, 2.45) is 0 Å². The Morgan fingerprint density at radius 1 is 1.23 bits per heavy atom. The number of hydrogen-bond donors (Lipinski definition) is 1. The number of aryl methyl sites for hydroxylation is 1. The molecule has 2 aromatic heterocycles. The maximum Gasteiger partial charge on any atom is 0.343 e. The average Bonchev–Trinajstić information content (AvgIpc) is 3.26. The summed E-state index contributed by atoms with van der Waals surface area (Å²) in [6, 6.07) is 12.6. The highest BCUT2D eigenvalue weighted by atomic mass is 35.5. The molecule has 0 saturated heterocycles. The first kappa shape index (κ1) is 17.8. The summed E-state index contributed by atoms with van der Waals surface area (Å²) in [4.78, 5) is 24.1. The van der Waals surface area contributed by atoms with Crippen LogP contribution < -0.4 is 5.32 Å². The number of halogens is 1. The number of amides is 1. The van der Waals surface area contributed by atoms with Crippen molar-refractivity contribution in [1.82, 2.24) is 15.1 Å². The second kappa shape index (κ2) is 7.88. The molecule has 3 rings (SSSR count). The van der Waals surface area contributed by atoms with Crippen LogP contribution in [0, 0.1) is 6.92 Å². The number of nitrogens with one attached hydrogen (secondary N) is 1. The molecule has 8 heteroatoms. The molecule has 0 aliphatic heterocycles. The molecule has 134 valence electrons. The monoisotopic (exact) mass is 373 g/mol. The molecule has 0 aliphatic rings. The SMILES string of the molecule is Cc1nn(-c2ccccc2)c(Cl)c1C(=O)OCC(=O)NCc1ccco1. The lowest BCUT2D eigenvalue weighted by Crippen LogP contribution is -2.28. The zero-order valence-corrected chi connectivity index (χ0v) is 14.7. The molecule has 0 radical (unpaired) electrons. The van der Waals surface area contributed by atoms with Crippen LogP contribution in [-0.4, -0.2) is 28.3 Å². The van der Waals surface area contributed by atoms with Crippen LogP contribution >= 0.6 is 11.6 Å². The zero-order chi connectivity index (χ0) is 18.5. The quantitative estimate of drug-likeness (QED) is 0.671. The molecule has 7 nitrogen and oxygen atoms in total. The maximum atomic E-state index is 12.3. The lowest BCUT2D eigenvalue weighted by Gasteiger charge is -2.06. The molecule has 26 heavy (non-hydrogen) atoms. The van der Waals surface area contributed by atoms with Crippen LogP contribution in [0.15, 0.2) is 53.1 Å². The Balaban J connectivity index is 1.63. The summed E-state index contributed by atoms with van der Waals surface area (Å²) in [5.74, 6) is -0.547. The van der Waals surface area contributed by atoms with Gasteiger partial charge in [0.1, 0.15) is 16.5 Å². The number of para-hydroxylation sites is 1. The van der Waals surface area contributed by atoms with Gasteiger partial charge in [-0.15, -0.1) is 0 Å². The highest BCUT2D eigenvalue weighted by Crippen LogP contribution is 2.24. The first-order valence-corrected chi connectivity index (χ1v) is 8.21. The average molecular weight is 374 g/mol. The number of rotatable bonds is 6. The standard InChI is InChI=1S/C18H16ClN3O4/c1-12-16(17(19)22(21-12)13-6-3-2-4-7-13)18(24)26-11-15(23)20-10-14-8-5-9-25-14/h2-9H,10-11H2,1H3,(H,20,23). The number of nitrogens with zero attached hydrogens (tertiary/aromatic N) is 2. The van der Waals surface area contributed by atoms with Crippen molar-refractivity contribution in [3.05, 3.63) is 70.9 Å². The number of aromatic nitrogens is 2. The van der Waals surface area contributed by atoms with Gasteiger partial charge in [-0.25, -0.2) is 9.48 Å². The van der Waals surface area contributed by atoms with Gasteiger partial charge >= 0.3 is 5.97 Å². The van der Waals surface area contributed by atoms with E-state index in [0.717, 1.165) is 5.69 Å². The number of furan rings is 1. The molecule has 0 bridgehead atoms. The number of hydrogen-bond acceptors (Lipinski definition) is 5. The third-order valence-corrected chi connectivity index (χ3v) is 3.93. The van der Waals surface area contributed by atoms with Gasteiger partial charge < -0.3 is 14.5 Å². The fourth-order valence-corrected chi connectivity index (χ4v) is 2.67. The smallest absolute Gasteiger partial charge is 0.343 e. The molecule has 0 aliphatic carbocycles. The minimum absolute atomic E-state index is 0.134. The predicted molar refractivity (Wildman–Crippen MR) is 94.1 cm³/mol. The lowest BCUT2D eigenvalue weighted by molar-refractivity contribution is -0.124. The summed E-state index contributed by atoms with van der Waals surface area (Å²) in [5, 5.41) is 6.99. The highest BCUT2D eigenvalue weighted by molar-refractivity contribution is 6.33. The molecule has 3 aromatic rings. The number of ether oxygens (including phenoxy) is 1. The van der Waals surface area contributed by atoms with E-state index < -0.39 is 18.5 Å². The van der Waals surface area contributed by atoms with Crippen molar-refractivity contribution < 1.29 is 18.7 Å². The van der Waals surface area contributed by atoms with Crippen LogP contribution in [0.5, 0.6) is 0 Å². The molecular weight excluding hydrogens is 358 g/mol. The Bertz CT molecular complexity index is 904.